The maximum absolute atomic E-state index is 11.0. The number of fused-ring (bicyclic) bond motifs is 1. The first-order chi connectivity index (χ1) is 4.88. The van der Waals surface area contributed by atoms with E-state index in [4.69, 9.17) is 0 Å². The van der Waals surface area contributed by atoms with E-state index < -0.39 is 0 Å². The van der Waals surface area contributed by atoms with Crippen molar-refractivity contribution in [3.05, 3.63) is 28.1 Å². The molecule has 0 fully saturated rings. The molecule has 0 bridgehead atoms. The standard InChI is InChI=1S/C6H4N2OS/c9-6-5-4(1-2-7-6)8-3-10-5/h1-3H,(H,7,9). The van der Waals surface area contributed by atoms with E-state index in [1.54, 1.807) is 17.8 Å². The summed E-state index contributed by atoms with van der Waals surface area (Å²) in [6, 6.07) is 1.78. The van der Waals surface area contributed by atoms with Crippen molar-refractivity contribution in [3.63, 3.8) is 0 Å². The summed E-state index contributed by atoms with van der Waals surface area (Å²) in [6.07, 6.45) is 1.60. The van der Waals surface area contributed by atoms with Crippen molar-refractivity contribution >= 4 is 21.6 Å². The molecule has 0 amide bonds. The Morgan fingerprint density at radius 3 is 3.30 bits per heavy atom. The van der Waals surface area contributed by atoms with E-state index in [1.165, 1.54) is 11.3 Å². The Hall–Kier alpha value is -1.16. The van der Waals surface area contributed by atoms with E-state index in [0.29, 0.717) is 4.70 Å². The van der Waals surface area contributed by atoms with Gasteiger partial charge in [-0.2, -0.15) is 0 Å². The number of thiazole rings is 1. The van der Waals surface area contributed by atoms with Crippen LogP contribution in [0.25, 0.3) is 10.2 Å². The molecule has 0 aromatic carbocycles. The molecule has 0 aliphatic carbocycles. The maximum Gasteiger partial charge on any atom is 0.267 e. The van der Waals surface area contributed by atoms with Crippen molar-refractivity contribution in [2.24, 2.45) is 0 Å². The molecular formula is C6H4N2OS. The summed E-state index contributed by atoms with van der Waals surface area (Å²) in [5.41, 5.74) is 2.38. The van der Waals surface area contributed by atoms with Gasteiger partial charge >= 0.3 is 0 Å². The van der Waals surface area contributed by atoms with Crippen molar-refractivity contribution in [1.29, 1.82) is 0 Å². The molecule has 4 heteroatoms. The molecule has 2 aromatic rings. The predicted molar refractivity (Wildman–Crippen MR) is 40.2 cm³/mol. The van der Waals surface area contributed by atoms with Gasteiger partial charge in [-0.25, -0.2) is 4.98 Å². The fraction of sp³-hybridized carbons (Fsp3) is 0. The number of hydrogen-bond acceptors (Lipinski definition) is 3. The maximum atomic E-state index is 11.0. The number of rotatable bonds is 0. The molecule has 1 N–H and O–H groups in total. The Bertz CT molecular complexity index is 403. The SMILES string of the molecule is O=c1[nH]ccc2ncsc12. The Kier molecular flexibility index (Phi) is 1.07. The molecule has 0 radical (unpaired) electrons. The van der Waals surface area contributed by atoms with Gasteiger partial charge in [0.25, 0.3) is 5.56 Å². The number of nitrogens with one attached hydrogen (secondary N) is 1. The van der Waals surface area contributed by atoms with E-state index in [1.807, 2.05) is 0 Å². The second kappa shape index (κ2) is 1.91. The Labute approximate surface area is 60.4 Å². The van der Waals surface area contributed by atoms with E-state index in [0.717, 1.165) is 5.52 Å². The van der Waals surface area contributed by atoms with Crippen LogP contribution in [0, 0.1) is 0 Å². The van der Waals surface area contributed by atoms with Gasteiger partial charge in [-0.05, 0) is 6.07 Å². The minimum Gasteiger partial charge on any atom is -0.328 e. The number of hydrogen-bond donors (Lipinski definition) is 1. The third kappa shape index (κ3) is 0.657. The highest BCUT2D eigenvalue weighted by atomic mass is 32.1. The topological polar surface area (TPSA) is 45.8 Å². The van der Waals surface area contributed by atoms with Gasteiger partial charge in [-0.3, -0.25) is 4.79 Å². The number of nitrogens with zero attached hydrogens (tertiary/aromatic N) is 1. The fourth-order valence-electron chi connectivity index (χ4n) is 0.805. The first kappa shape index (κ1) is 5.61. The van der Waals surface area contributed by atoms with Crippen molar-refractivity contribution < 1.29 is 0 Å². The normalized spacial score (nSPS) is 10.4. The molecule has 2 heterocycles. The van der Waals surface area contributed by atoms with Crippen LogP contribution < -0.4 is 5.56 Å². The molecule has 0 aliphatic heterocycles. The third-order valence-electron chi connectivity index (χ3n) is 1.26. The lowest BCUT2D eigenvalue weighted by atomic mass is 10.4. The molecule has 50 valence electrons. The zero-order valence-corrected chi connectivity index (χ0v) is 5.81. The molecular weight excluding hydrogens is 148 g/mol. The van der Waals surface area contributed by atoms with Gasteiger partial charge in [-0.1, -0.05) is 0 Å². The summed E-state index contributed by atoms with van der Waals surface area (Å²) in [7, 11) is 0. The second-order valence-corrected chi connectivity index (χ2v) is 2.73. The molecule has 0 spiro atoms. The summed E-state index contributed by atoms with van der Waals surface area (Å²) < 4.78 is 0.697. The molecule has 2 rings (SSSR count). The fourth-order valence-corrected chi connectivity index (χ4v) is 1.48. The number of H-pyrrole nitrogens is 1. The highest BCUT2D eigenvalue weighted by Gasteiger charge is 1.97. The van der Waals surface area contributed by atoms with Crippen molar-refractivity contribution in [2.45, 2.75) is 0 Å². The molecule has 3 nitrogen and oxygen atoms in total. The average molecular weight is 152 g/mol. The van der Waals surface area contributed by atoms with Crippen LogP contribution in [0.3, 0.4) is 0 Å². The van der Waals surface area contributed by atoms with E-state index in [-0.39, 0.29) is 5.56 Å². The van der Waals surface area contributed by atoms with Crippen LogP contribution >= 0.6 is 11.3 Å². The molecule has 2 aromatic heterocycles. The van der Waals surface area contributed by atoms with E-state index in [2.05, 4.69) is 9.97 Å². The summed E-state index contributed by atoms with van der Waals surface area (Å²) in [6.45, 7) is 0. The van der Waals surface area contributed by atoms with Crippen molar-refractivity contribution in [1.82, 2.24) is 9.97 Å². The zero-order chi connectivity index (χ0) is 6.97. The van der Waals surface area contributed by atoms with Gasteiger partial charge in [-0.15, -0.1) is 11.3 Å². The Balaban J connectivity index is 3.09. The average Bonchev–Trinajstić information content (AvgIpc) is 2.36. The van der Waals surface area contributed by atoms with E-state index in [9.17, 15) is 4.79 Å². The van der Waals surface area contributed by atoms with Gasteiger partial charge in [0.05, 0.1) is 11.0 Å². The molecule has 0 saturated heterocycles. The summed E-state index contributed by atoms with van der Waals surface area (Å²) >= 11 is 1.36. The van der Waals surface area contributed by atoms with Crippen LogP contribution in [-0.4, -0.2) is 9.97 Å². The molecule has 10 heavy (non-hydrogen) atoms. The smallest absolute Gasteiger partial charge is 0.267 e. The summed E-state index contributed by atoms with van der Waals surface area (Å²) in [4.78, 5) is 17.5. The second-order valence-electron chi connectivity index (χ2n) is 1.87. The monoisotopic (exact) mass is 152 g/mol. The molecule has 0 aliphatic rings. The minimum absolute atomic E-state index is 0.0556. The Morgan fingerprint density at radius 2 is 2.50 bits per heavy atom. The van der Waals surface area contributed by atoms with Gasteiger partial charge < -0.3 is 4.98 Å². The van der Waals surface area contributed by atoms with Crippen LogP contribution in [0.15, 0.2) is 22.6 Å². The Morgan fingerprint density at radius 1 is 1.60 bits per heavy atom. The molecule has 0 saturated carbocycles. The first-order valence-electron chi connectivity index (χ1n) is 2.79. The van der Waals surface area contributed by atoms with E-state index >= 15 is 0 Å². The lowest BCUT2D eigenvalue weighted by molar-refractivity contribution is 1.28. The van der Waals surface area contributed by atoms with Crippen LogP contribution in [0.4, 0.5) is 0 Å². The first-order valence-corrected chi connectivity index (χ1v) is 3.67. The number of pyridine rings is 1. The summed E-state index contributed by atoms with van der Waals surface area (Å²) in [5.74, 6) is 0. The minimum atomic E-state index is -0.0556. The third-order valence-corrected chi connectivity index (χ3v) is 2.10. The molecule has 0 atom stereocenters. The lowest BCUT2D eigenvalue weighted by Gasteiger charge is -1.81. The quantitative estimate of drug-likeness (QED) is 0.611. The van der Waals surface area contributed by atoms with Crippen LogP contribution in [0.2, 0.25) is 0 Å². The molecule has 0 unspecified atom stereocenters. The number of aromatic amines is 1. The van der Waals surface area contributed by atoms with Crippen LogP contribution in [-0.2, 0) is 0 Å². The van der Waals surface area contributed by atoms with Gasteiger partial charge in [0, 0.05) is 6.20 Å². The summed E-state index contributed by atoms with van der Waals surface area (Å²) in [5, 5.41) is 0. The van der Waals surface area contributed by atoms with Gasteiger partial charge in [0.2, 0.25) is 0 Å². The zero-order valence-electron chi connectivity index (χ0n) is 5.00. The van der Waals surface area contributed by atoms with Crippen LogP contribution in [0.1, 0.15) is 0 Å². The highest BCUT2D eigenvalue weighted by Crippen LogP contribution is 2.10. The van der Waals surface area contributed by atoms with Gasteiger partial charge in [0.1, 0.15) is 4.70 Å². The highest BCUT2D eigenvalue weighted by molar-refractivity contribution is 7.16. The van der Waals surface area contributed by atoms with Gasteiger partial charge in [0.15, 0.2) is 0 Å². The predicted octanol–water partition coefficient (Wildman–Crippen LogP) is 0.985. The number of aromatic nitrogens is 2. The van der Waals surface area contributed by atoms with Crippen molar-refractivity contribution in [2.75, 3.05) is 0 Å². The van der Waals surface area contributed by atoms with Crippen LogP contribution in [0.5, 0.6) is 0 Å². The largest absolute Gasteiger partial charge is 0.328 e. The van der Waals surface area contributed by atoms with Crippen molar-refractivity contribution in [3.8, 4) is 0 Å². The lowest BCUT2D eigenvalue weighted by Crippen LogP contribution is -2.01.